The lowest BCUT2D eigenvalue weighted by atomic mass is 9.96. The Morgan fingerprint density at radius 3 is 2.46 bits per heavy atom. The minimum Gasteiger partial charge on any atom is -0.481 e. The Balaban J connectivity index is 1.65. The molecule has 1 aromatic rings. The highest BCUT2D eigenvalue weighted by Gasteiger charge is 2.30. The first kappa shape index (κ1) is 20.2. The molecule has 1 aromatic carbocycles. The summed E-state index contributed by atoms with van der Waals surface area (Å²) in [6, 6.07) is 3.45. The maximum absolute atomic E-state index is 13.0. The average molecular weight is 388 g/mol. The van der Waals surface area contributed by atoms with Gasteiger partial charge in [0, 0.05) is 25.2 Å². The molecule has 1 saturated heterocycles. The maximum atomic E-state index is 13.0. The third kappa shape index (κ3) is 5.03. The van der Waals surface area contributed by atoms with E-state index in [9.17, 15) is 14.4 Å². The van der Waals surface area contributed by atoms with Crippen molar-refractivity contribution in [3.8, 4) is 5.75 Å². The van der Waals surface area contributed by atoms with Gasteiger partial charge in [-0.1, -0.05) is 0 Å². The number of likely N-dealkylation sites (tertiary alicyclic amines) is 1. The van der Waals surface area contributed by atoms with E-state index >= 15 is 0 Å². The summed E-state index contributed by atoms with van der Waals surface area (Å²) in [5.41, 5.74) is 1.98. The number of nitrogens with zero attached hydrogens (tertiary/aromatic N) is 1. The summed E-state index contributed by atoms with van der Waals surface area (Å²) in [6.45, 7) is 5.00. The molecule has 1 heterocycles. The van der Waals surface area contributed by atoms with E-state index in [1.165, 1.54) is 12.8 Å². The van der Waals surface area contributed by atoms with E-state index < -0.39 is 12.6 Å². The number of ether oxygens (including phenoxy) is 1. The topological polar surface area (TPSA) is 95.9 Å². The molecule has 3 rings (SSSR count). The zero-order valence-electron chi connectivity index (χ0n) is 16.5. The Hall–Kier alpha value is -2.57. The van der Waals surface area contributed by atoms with E-state index in [0.717, 1.165) is 30.5 Å². The number of piperidine rings is 1. The van der Waals surface area contributed by atoms with Gasteiger partial charge >= 0.3 is 5.97 Å². The molecular weight excluding hydrogens is 360 g/mol. The van der Waals surface area contributed by atoms with Gasteiger partial charge in [-0.15, -0.1) is 0 Å². The number of rotatable bonds is 7. The van der Waals surface area contributed by atoms with Crippen molar-refractivity contribution < 1.29 is 24.2 Å². The first-order chi connectivity index (χ1) is 13.3. The minimum absolute atomic E-state index is 0.0502. The van der Waals surface area contributed by atoms with Crippen LogP contribution in [0.5, 0.6) is 5.75 Å². The molecule has 1 aliphatic heterocycles. The Labute approximate surface area is 165 Å². The van der Waals surface area contributed by atoms with Gasteiger partial charge in [-0.2, -0.15) is 0 Å². The highest BCUT2D eigenvalue weighted by molar-refractivity contribution is 5.95. The second-order valence-corrected chi connectivity index (χ2v) is 7.90. The molecule has 1 unspecified atom stereocenters. The van der Waals surface area contributed by atoms with Gasteiger partial charge in [0.15, 0.2) is 6.61 Å². The largest absolute Gasteiger partial charge is 0.481 e. The molecule has 2 fully saturated rings. The van der Waals surface area contributed by atoms with Gasteiger partial charge in [0.25, 0.3) is 5.91 Å². The van der Waals surface area contributed by atoms with E-state index in [-0.39, 0.29) is 17.7 Å². The lowest BCUT2D eigenvalue weighted by molar-refractivity contribution is -0.139. The van der Waals surface area contributed by atoms with E-state index in [4.69, 9.17) is 9.84 Å². The van der Waals surface area contributed by atoms with Crippen LogP contribution < -0.4 is 10.1 Å². The van der Waals surface area contributed by atoms with Crippen LogP contribution in [0.2, 0.25) is 0 Å². The van der Waals surface area contributed by atoms with Gasteiger partial charge in [0.2, 0.25) is 5.91 Å². The number of hydrogen-bond donors (Lipinski definition) is 2. The van der Waals surface area contributed by atoms with E-state index in [2.05, 4.69) is 5.32 Å². The highest BCUT2D eigenvalue weighted by atomic mass is 16.5. The molecule has 0 radical (unpaired) electrons. The quantitative estimate of drug-likeness (QED) is 0.746. The lowest BCUT2D eigenvalue weighted by Gasteiger charge is -2.32. The fourth-order valence-electron chi connectivity index (χ4n) is 3.70. The van der Waals surface area contributed by atoms with Crippen molar-refractivity contribution in [2.24, 2.45) is 11.8 Å². The monoisotopic (exact) mass is 388 g/mol. The third-order valence-electron chi connectivity index (χ3n) is 5.39. The van der Waals surface area contributed by atoms with E-state index in [1.807, 2.05) is 0 Å². The molecule has 28 heavy (non-hydrogen) atoms. The number of carbonyl (C=O) groups excluding carboxylic acids is 2. The van der Waals surface area contributed by atoms with Crippen molar-refractivity contribution in [3.05, 3.63) is 28.8 Å². The van der Waals surface area contributed by atoms with Gasteiger partial charge in [0.1, 0.15) is 5.75 Å². The number of benzene rings is 1. The molecule has 0 spiro atoms. The molecule has 2 N–H and O–H groups in total. The predicted molar refractivity (Wildman–Crippen MR) is 103 cm³/mol. The standard InChI is InChI=1S/C21H28N2O5/c1-13-8-17(9-14(2)19(13)28-12-18(24)25)21(27)23-7-3-4-16(11-23)20(26)22-10-15-5-6-15/h8-9,15-16H,3-7,10-12H2,1-2H3,(H,22,26)(H,24,25). The Bertz CT molecular complexity index is 749. The first-order valence-electron chi connectivity index (χ1n) is 9.88. The van der Waals surface area contributed by atoms with Crippen LogP contribution in [0.15, 0.2) is 12.1 Å². The Morgan fingerprint density at radius 1 is 1.18 bits per heavy atom. The van der Waals surface area contributed by atoms with Gasteiger partial charge in [-0.3, -0.25) is 9.59 Å². The first-order valence-corrected chi connectivity index (χ1v) is 9.88. The molecule has 7 nitrogen and oxygen atoms in total. The maximum Gasteiger partial charge on any atom is 0.341 e. The second kappa shape index (κ2) is 8.63. The molecule has 2 amide bonds. The Morgan fingerprint density at radius 2 is 1.86 bits per heavy atom. The number of amides is 2. The Kier molecular flexibility index (Phi) is 6.21. The van der Waals surface area contributed by atoms with Gasteiger partial charge in [0.05, 0.1) is 5.92 Å². The highest BCUT2D eigenvalue weighted by Crippen LogP contribution is 2.28. The number of nitrogens with one attached hydrogen (secondary N) is 1. The van der Waals surface area contributed by atoms with Crippen molar-refractivity contribution in [1.82, 2.24) is 10.2 Å². The number of carbonyl (C=O) groups is 3. The minimum atomic E-state index is -1.04. The molecular formula is C21H28N2O5. The number of carboxylic acids is 1. The normalized spacial score (nSPS) is 19.2. The number of aryl methyl sites for hydroxylation is 2. The van der Waals surface area contributed by atoms with Crippen LogP contribution in [-0.2, 0) is 9.59 Å². The molecule has 2 aliphatic rings. The number of hydrogen-bond acceptors (Lipinski definition) is 4. The van der Waals surface area contributed by atoms with Crippen LogP contribution in [0, 0.1) is 25.7 Å². The van der Waals surface area contributed by atoms with Crippen molar-refractivity contribution >= 4 is 17.8 Å². The predicted octanol–water partition coefficient (Wildman–Crippen LogP) is 2.15. The number of carboxylic acid groups (broad SMARTS) is 1. The summed E-state index contributed by atoms with van der Waals surface area (Å²) in [4.78, 5) is 37.9. The zero-order chi connectivity index (χ0) is 20.3. The smallest absolute Gasteiger partial charge is 0.341 e. The van der Waals surface area contributed by atoms with Crippen LogP contribution in [0.4, 0.5) is 0 Å². The summed E-state index contributed by atoms with van der Waals surface area (Å²) in [7, 11) is 0. The molecule has 0 bridgehead atoms. The summed E-state index contributed by atoms with van der Waals surface area (Å²) in [5, 5.41) is 11.8. The van der Waals surface area contributed by atoms with E-state index in [1.54, 1.807) is 30.9 Å². The van der Waals surface area contributed by atoms with Crippen molar-refractivity contribution in [2.75, 3.05) is 26.2 Å². The lowest BCUT2D eigenvalue weighted by Crippen LogP contribution is -2.45. The van der Waals surface area contributed by atoms with Gasteiger partial charge < -0.3 is 20.1 Å². The molecule has 1 saturated carbocycles. The van der Waals surface area contributed by atoms with Crippen molar-refractivity contribution in [2.45, 2.75) is 39.5 Å². The van der Waals surface area contributed by atoms with Crippen LogP contribution in [0.1, 0.15) is 47.2 Å². The van der Waals surface area contributed by atoms with Crippen LogP contribution in [0.3, 0.4) is 0 Å². The summed E-state index contributed by atoms with van der Waals surface area (Å²) < 4.78 is 5.33. The van der Waals surface area contributed by atoms with E-state index in [0.29, 0.717) is 30.3 Å². The fourth-order valence-corrected chi connectivity index (χ4v) is 3.70. The summed E-state index contributed by atoms with van der Waals surface area (Å²) in [5.74, 6) is -0.118. The summed E-state index contributed by atoms with van der Waals surface area (Å²) in [6.07, 6.45) is 4.01. The van der Waals surface area contributed by atoms with Crippen LogP contribution >= 0.6 is 0 Å². The van der Waals surface area contributed by atoms with Crippen LogP contribution in [-0.4, -0.2) is 54.0 Å². The van der Waals surface area contributed by atoms with Crippen LogP contribution in [0.25, 0.3) is 0 Å². The molecule has 152 valence electrons. The molecule has 1 atom stereocenters. The molecule has 7 heteroatoms. The van der Waals surface area contributed by atoms with Gasteiger partial charge in [-0.05, 0) is 68.7 Å². The zero-order valence-corrected chi connectivity index (χ0v) is 16.5. The third-order valence-corrected chi connectivity index (χ3v) is 5.39. The molecule has 1 aliphatic carbocycles. The van der Waals surface area contributed by atoms with Gasteiger partial charge in [-0.25, -0.2) is 4.79 Å². The average Bonchev–Trinajstić information content (AvgIpc) is 3.49. The SMILES string of the molecule is Cc1cc(C(=O)N2CCCC(C(=O)NCC3CC3)C2)cc(C)c1OCC(=O)O. The van der Waals surface area contributed by atoms with Crippen molar-refractivity contribution in [3.63, 3.8) is 0 Å². The molecule has 0 aromatic heterocycles. The number of aliphatic carboxylic acids is 1. The van der Waals surface area contributed by atoms with Crippen molar-refractivity contribution in [1.29, 1.82) is 0 Å². The summed E-state index contributed by atoms with van der Waals surface area (Å²) >= 11 is 0. The second-order valence-electron chi connectivity index (χ2n) is 7.90. The fraction of sp³-hybridized carbons (Fsp3) is 0.571.